The molecule has 0 saturated carbocycles. The van der Waals surface area contributed by atoms with Crippen molar-refractivity contribution >= 4 is 5.97 Å². The van der Waals surface area contributed by atoms with Crippen LogP contribution in [0.25, 0.3) is 22.9 Å². The predicted octanol–water partition coefficient (Wildman–Crippen LogP) is 4.31. The summed E-state index contributed by atoms with van der Waals surface area (Å²) in [6.45, 7) is 4.29. The highest BCUT2D eigenvalue weighted by atomic mass is 16.5. The number of carbonyl (C=O) groups is 1. The van der Waals surface area contributed by atoms with E-state index in [2.05, 4.69) is 36.2 Å². The molecule has 0 atom stereocenters. The number of nitrogens with zero attached hydrogens (tertiary/aromatic N) is 2. The maximum Gasteiger partial charge on any atom is 0.337 e. The predicted molar refractivity (Wildman–Crippen MR) is 90.6 cm³/mol. The fourth-order valence-electron chi connectivity index (χ4n) is 2.36. The normalized spacial score (nSPS) is 10.8. The van der Waals surface area contributed by atoms with Crippen molar-refractivity contribution in [1.82, 2.24) is 10.2 Å². The topological polar surface area (TPSA) is 65.2 Å². The van der Waals surface area contributed by atoms with Gasteiger partial charge in [-0.2, -0.15) is 0 Å². The van der Waals surface area contributed by atoms with Crippen LogP contribution in [0, 0.1) is 0 Å². The van der Waals surface area contributed by atoms with Gasteiger partial charge in [0.15, 0.2) is 0 Å². The first kappa shape index (κ1) is 15.9. The summed E-state index contributed by atoms with van der Waals surface area (Å²) in [5.74, 6) is 0.881. The van der Waals surface area contributed by atoms with E-state index in [0.29, 0.717) is 28.8 Å². The molecule has 24 heavy (non-hydrogen) atoms. The molecule has 0 saturated heterocycles. The van der Waals surface area contributed by atoms with Crippen molar-refractivity contribution in [3.8, 4) is 22.9 Å². The lowest BCUT2D eigenvalue weighted by molar-refractivity contribution is 0.0601. The van der Waals surface area contributed by atoms with Crippen molar-refractivity contribution in [3.63, 3.8) is 0 Å². The smallest absolute Gasteiger partial charge is 0.337 e. The minimum atomic E-state index is -0.402. The lowest BCUT2D eigenvalue weighted by Gasteiger charge is -2.04. The first-order valence-electron chi connectivity index (χ1n) is 7.71. The largest absolute Gasteiger partial charge is 0.465 e. The van der Waals surface area contributed by atoms with Crippen LogP contribution in [0.1, 0.15) is 35.7 Å². The third kappa shape index (κ3) is 3.20. The Labute approximate surface area is 140 Å². The van der Waals surface area contributed by atoms with Gasteiger partial charge in [0.25, 0.3) is 0 Å². The molecule has 1 aromatic heterocycles. The van der Waals surface area contributed by atoms with Crippen molar-refractivity contribution < 1.29 is 13.9 Å². The van der Waals surface area contributed by atoms with Crippen LogP contribution in [0.15, 0.2) is 52.9 Å². The molecule has 1 heterocycles. The monoisotopic (exact) mass is 322 g/mol. The highest BCUT2D eigenvalue weighted by Crippen LogP contribution is 2.26. The van der Waals surface area contributed by atoms with Crippen LogP contribution in [0.4, 0.5) is 0 Å². The van der Waals surface area contributed by atoms with Gasteiger partial charge in [0.1, 0.15) is 0 Å². The Kier molecular flexibility index (Phi) is 4.42. The Morgan fingerprint density at radius 2 is 1.67 bits per heavy atom. The highest BCUT2D eigenvalue weighted by Gasteiger charge is 2.13. The number of methoxy groups -OCH3 is 1. The molecular weight excluding hydrogens is 304 g/mol. The Morgan fingerprint density at radius 1 is 1.00 bits per heavy atom. The van der Waals surface area contributed by atoms with Gasteiger partial charge in [0.05, 0.1) is 12.7 Å². The van der Waals surface area contributed by atoms with Crippen LogP contribution in [0.5, 0.6) is 0 Å². The van der Waals surface area contributed by atoms with E-state index in [-0.39, 0.29) is 0 Å². The van der Waals surface area contributed by atoms with Crippen LogP contribution in [-0.2, 0) is 4.74 Å². The number of hydrogen-bond donors (Lipinski definition) is 0. The summed E-state index contributed by atoms with van der Waals surface area (Å²) >= 11 is 0. The minimum absolute atomic E-state index is 0.365. The maximum absolute atomic E-state index is 11.6. The molecule has 0 aliphatic rings. The zero-order valence-corrected chi connectivity index (χ0v) is 13.8. The van der Waals surface area contributed by atoms with Gasteiger partial charge in [-0.15, -0.1) is 10.2 Å². The van der Waals surface area contributed by atoms with Gasteiger partial charge in [-0.3, -0.25) is 0 Å². The zero-order valence-electron chi connectivity index (χ0n) is 13.8. The van der Waals surface area contributed by atoms with Crippen molar-refractivity contribution in [1.29, 1.82) is 0 Å². The quantitative estimate of drug-likeness (QED) is 0.670. The third-order valence-corrected chi connectivity index (χ3v) is 3.78. The molecule has 3 rings (SSSR count). The summed E-state index contributed by atoms with van der Waals surface area (Å²) in [6, 6.07) is 15.0. The fourth-order valence-corrected chi connectivity index (χ4v) is 2.36. The van der Waals surface area contributed by atoms with Gasteiger partial charge in [-0.25, -0.2) is 4.79 Å². The molecule has 0 fully saturated rings. The van der Waals surface area contributed by atoms with Gasteiger partial charge >= 0.3 is 5.97 Å². The molecule has 2 aromatic carbocycles. The maximum atomic E-state index is 11.6. The van der Waals surface area contributed by atoms with Crippen molar-refractivity contribution in [2.75, 3.05) is 7.11 Å². The van der Waals surface area contributed by atoms with Crippen molar-refractivity contribution in [3.05, 3.63) is 59.7 Å². The first-order chi connectivity index (χ1) is 11.6. The first-order valence-corrected chi connectivity index (χ1v) is 7.71. The highest BCUT2D eigenvalue weighted by molar-refractivity contribution is 5.90. The second-order valence-corrected chi connectivity index (χ2v) is 5.76. The lowest BCUT2D eigenvalue weighted by Crippen LogP contribution is -2.00. The van der Waals surface area contributed by atoms with E-state index in [1.54, 1.807) is 18.2 Å². The second kappa shape index (κ2) is 6.66. The molecule has 0 bridgehead atoms. The Balaban J connectivity index is 1.89. The average Bonchev–Trinajstić information content (AvgIpc) is 3.11. The summed E-state index contributed by atoms with van der Waals surface area (Å²) < 4.78 is 10.5. The van der Waals surface area contributed by atoms with Gasteiger partial charge in [0, 0.05) is 11.1 Å². The van der Waals surface area contributed by atoms with Crippen LogP contribution in [0.3, 0.4) is 0 Å². The van der Waals surface area contributed by atoms with E-state index in [0.717, 1.165) is 5.56 Å². The molecule has 122 valence electrons. The SMILES string of the molecule is COC(=O)c1cccc(-c2nnc(-c3ccc(C(C)C)cc3)o2)c1. The molecule has 3 aromatic rings. The number of benzene rings is 2. The molecule has 0 N–H and O–H groups in total. The molecule has 0 aliphatic carbocycles. The summed E-state index contributed by atoms with van der Waals surface area (Å²) in [4.78, 5) is 11.6. The van der Waals surface area contributed by atoms with Crippen LogP contribution >= 0.6 is 0 Å². The van der Waals surface area contributed by atoms with Gasteiger partial charge in [-0.1, -0.05) is 32.0 Å². The lowest BCUT2D eigenvalue weighted by atomic mass is 10.0. The second-order valence-electron chi connectivity index (χ2n) is 5.76. The standard InChI is InChI=1S/C19H18N2O3/c1-12(2)13-7-9-14(10-8-13)17-20-21-18(24-17)15-5-4-6-16(11-15)19(22)23-3/h4-12H,1-3H3. The molecule has 0 amide bonds. The summed E-state index contributed by atoms with van der Waals surface area (Å²) in [6.07, 6.45) is 0. The van der Waals surface area contributed by atoms with E-state index < -0.39 is 5.97 Å². The Morgan fingerprint density at radius 3 is 2.29 bits per heavy atom. The summed E-state index contributed by atoms with van der Waals surface area (Å²) in [5.41, 5.74) is 3.23. The number of esters is 1. The van der Waals surface area contributed by atoms with Crippen molar-refractivity contribution in [2.45, 2.75) is 19.8 Å². The van der Waals surface area contributed by atoms with Crippen LogP contribution < -0.4 is 0 Å². The number of carbonyl (C=O) groups excluding carboxylic acids is 1. The molecule has 0 unspecified atom stereocenters. The van der Waals surface area contributed by atoms with E-state index in [1.165, 1.54) is 12.7 Å². The number of rotatable bonds is 4. The fraction of sp³-hybridized carbons (Fsp3) is 0.211. The average molecular weight is 322 g/mol. The van der Waals surface area contributed by atoms with E-state index in [1.807, 2.05) is 18.2 Å². The molecule has 5 heteroatoms. The zero-order chi connectivity index (χ0) is 17.1. The third-order valence-electron chi connectivity index (χ3n) is 3.78. The van der Waals surface area contributed by atoms with E-state index >= 15 is 0 Å². The Bertz CT molecular complexity index is 851. The molecule has 0 aliphatic heterocycles. The molecule has 0 spiro atoms. The summed E-state index contributed by atoms with van der Waals surface area (Å²) in [7, 11) is 1.35. The number of hydrogen-bond acceptors (Lipinski definition) is 5. The Hall–Kier alpha value is -2.95. The van der Waals surface area contributed by atoms with E-state index in [9.17, 15) is 4.79 Å². The molecule has 0 radical (unpaired) electrons. The van der Waals surface area contributed by atoms with Crippen LogP contribution in [-0.4, -0.2) is 23.3 Å². The molecular formula is C19H18N2O3. The van der Waals surface area contributed by atoms with Gasteiger partial charge in [-0.05, 0) is 41.8 Å². The van der Waals surface area contributed by atoms with Gasteiger partial charge in [0.2, 0.25) is 11.8 Å². The summed E-state index contributed by atoms with van der Waals surface area (Å²) in [5, 5.41) is 8.18. The minimum Gasteiger partial charge on any atom is -0.465 e. The number of aromatic nitrogens is 2. The van der Waals surface area contributed by atoms with E-state index in [4.69, 9.17) is 9.15 Å². The number of ether oxygens (including phenoxy) is 1. The van der Waals surface area contributed by atoms with Crippen molar-refractivity contribution in [2.24, 2.45) is 0 Å². The van der Waals surface area contributed by atoms with Crippen LogP contribution in [0.2, 0.25) is 0 Å². The molecule has 5 nitrogen and oxygen atoms in total. The van der Waals surface area contributed by atoms with Gasteiger partial charge < -0.3 is 9.15 Å².